The molecule has 0 atom stereocenters. The summed E-state index contributed by atoms with van der Waals surface area (Å²) in [5.41, 5.74) is 5.52. The second-order valence-electron chi connectivity index (χ2n) is 7.78. The molecule has 0 amide bonds. The van der Waals surface area contributed by atoms with E-state index in [2.05, 4.69) is 19.9 Å². The highest BCUT2D eigenvalue weighted by molar-refractivity contribution is 7.94. The van der Waals surface area contributed by atoms with Gasteiger partial charge in [0.2, 0.25) is 0 Å². The maximum Gasteiger partial charge on any atom is 0.175 e. The summed E-state index contributed by atoms with van der Waals surface area (Å²) >= 11 is 1.05. The van der Waals surface area contributed by atoms with Crippen LogP contribution in [0, 0.1) is 0 Å². The number of sulfone groups is 1. The van der Waals surface area contributed by atoms with Crippen LogP contribution in [0.3, 0.4) is 0 Å². The van der Waals surface area contributed by atoms with Gasteiger partial charge in [-0.3, -0.25) is 9.97 Å². The van der Waals surface area contributed by atoms with Crippen LogP contribution in [0.2, 0.25) is 0 Å². The van der Waals surface area contributed by atoms with E-state index in [1.54, 1.807) is 24.5 Å². The number of fused-ring (bicyclic) bond motifs is 3. The molecule has 35 heavy (non-hydrogen) atoms. The van der Waals surface area contributed by atoms with Crippen LogP contribution in [0.1, 0.15) is 0 Å². The Morgan fingerprint density at radius 1 is 0.714 bits per heavy atom. The molecule has 0 spiro atoms. The Kier molecular flexibility index (Phi) is 6.50. The first-order valence-corrected chi connectivity index (χ1v) is 13.2. The summed E-state index contributed by atoms with van der Waals surface area (Å²) in [5.74, 6) is 0. The molecular formula is C26H20N2O5S2. The Balaban J connectivity index is 1.57. The van der Waals surface area contributed by atoms with Crippen LogP contribution in [0.25, 0.3) is 44.1 Å². The minimum atomic E-state index is -3.26. The molecule has 0 fully saturated rings. The monoisotopic (exact) mass is 504 g/mol. The zero-order valence-electron chi connectivity index (χ0n) is 18.8. The SMILES string of the molecule is COOOSc1ccc(-c2ccnc3c2ccc2c(-c4ccc(S(C)(=O)=O)cc4)ccnc23)cc1. The van der Waals surface area contributed by atoms with E-state index in [0.29, 0.717) is 4.90 Å². The smallest absolute Gasteiger partial charge is 0.175 e. The topological polar surface area (TPSA) is 87.6 Å². The van der Waals surface area contributed by atoms with Gasteiger partial charge >= 0.3 is 0 Å². The molecule has 0 aliphatic heterocycles. The minimum absolute atomic E-state index is 0.290. The van der Waals surface area contributed by atoms with Crippen molar-refractivity contribution in [3.63, 3.8) is 0 Å². The highest BCUT2D eigenvalue weighted by atomic mass is 32.2. The Bertz CT molecular complexity index is 1620. The first-order valence-electron chi connectivity index (χ1n) is 10.6. The van der Waals surface area contributed by atoms with Gasteiger partial charge in [0, 0.05) is 34.3 Å². The van der Waals surface area contributed by atoms with Crippen molar-refractivity contribution in [1.82, 2.24) is 9.97 Å². The van der Waals surface area contributed by atoms with Crippen molar-refractivity contribution in [3.8, 4) is 22.3 Å². The van der Waals surface area contributed by atoms with E-state index < -0.39 is 9.84 Å². The van der Waals surface area contributed by atoms with Gasteiger partial charge in [0.1, 0.15) is 0 Å². The second kappa shape index (κ2) is 9.73. The van der Waals surface area contributed by atoms with Crippen molar-refractivity contribution < 1.29 is 22.7 Å². The van der Waals surface area contributed by atoms with Crippen LogP contribution < -0.4 is 0 Å². The third kappa shape index (κ3) is 4.77. The Morgan fingerprint density at radius 3 is 1.71 bits per heavy atom. The van der Waals surface area contributed by atoms with E-state index in [1.165, 1.54) is 13.4 Å². The van der Waals surface area contributed by atoms with Crippen LogP contribution >= 0.6 is 12.0 Å². The maximum atomic E-state index is 11.8. The van der Waals surface area contributed by atoms with E-state index in [4.69, 9.17) is 4.33 Å². The summed E-state index contributed by atoms with van der Waals surface area (Å²) in [6.45, 7) is 0. The number of nitrogens with zero attached hydrogens (tertiary/aromatic N) is 2. The second-order valence-corrected chi connectivity index (χ2v) is 10.6. The van der Waals surface area contributed by atoms with Crippen molar-refractivity contribution >= 4 is 43.7 Å². The van der Waals surface area contributed by atoms with Crippen LogP contribution in [-0.4, -0.2) is 31.8 Å². The van der Waals surface area contributed by atoms with E-state index in [1.807, 2.05) is 60.7 Å². The van der Waals surface area contributed by atoms with Gasteiger partial charge in [-0.15, -0.1) is 4.33 Å². The van der Waals surface area contributed by atoms with Crippen molar-refractivity contribution in [1.29, 1.82) is 0 Å². The van der Waals surface area contributed by atoms with Gasteiger partial charge < -0.3 is 0 Å². The molecule has 3 aromatic carbocycles. The molecule has 7 nitrogen and oxygen atoms in total. The first-order chi connectivity index (χ1) is 17.0. The lowest BCUT2D eigenvalue weighted by atomic mass is 9.96. The fraction of sp³-hybridized carbons (Fsp3) is 0.0769. The van der Waals surface area contributed by atoms with Crippen LogP contribution in [0.5, 0.6) is 0 Å². The van der Waals surface area contributed by atoms with Crippen molar-refractivity contribution in [2.75, 3.05) is 13.4 Å². The standard InChI is InChI=1S/C26H20N2O5S2/c1-31-32-33-34-19-7-3-17(4-8-19)21-13-15-27-25-23(21)11-12-24-22(14-16-28-26(24)25)18-5-9-20(10-6-18)35(2,29)30/h3-16H,1-2H3. The number of benzene rings is 3. The Hall–Kier alpha value is -3.34. The van der Waals surface area contributed by atoms with Crippen molar-refractivity contribution in [2.45, 2.75) is 9.79 Å². The third-order valence-electron chi connectivity index (χ3n) is 5.61. The lowest BCUT2D eigenvalue weighted by Crippen LogP contribution is -1.96. The molecule has 2 aromatic heterocycles. The molecule has 0 aliphatic rings. The number of rotatable bonds is 7. The normalized spacial score (nSPS) is 11.8. The van der Waals surface area contributed by atoms with Gasteiger partial charge in [0.25, 0.3) is 0 Å². The maximum absolute atomic E-state index is 11.8. The van der Waals surface area contributed by atoms with Crippen molar-refractivity contribution in [3.05, 3.63) is 85.2 Å². The molecule has 176 valence electrons. The van der Waals surface area contributed by atoms with Gasteiger partial charge in [-0.05, 0) is 58.7 Å². The molecule has 2 heterocycles. The molecule has 0 saturated heterocycles. The lowest BCUT2D eigenvalue weighted by Gasteiger charge is -2.11. The van der Waals surface area contributed by atoms with Crippen LogP contribution in [0.15, 0.2) is 95.0 Å². The third-order valence-corrected chi connectivity index (χ3v) is 7.32. The molecule has 0 N–H and O–H groups in total. The molecule has 0 aliphatic carbocycles. The van der Waals surface area contributed by atoms with Gasteiger partial charge in [-0.2, -0.15) is 0 Å². The Labute approximate surface area is 206 Å². The summed E-state index contributed by atoms with van der Waals surface area (Å²) in [7, 11) is -1.89. The van der Waals surface area contributed by atoms with Crippen LogP contribution in [0.4, 0.5) is 0 Å². The molecular weight excluding hydrogens is 484 g/mol. The zero-order valence-corrected chi connectivity index (χ0v) is 20.5. The predicted molar refractivity (Wildman–Crippen MR) is 136 cm³/mol. The van der Waals surface area contributed by atoms with Gasteiger partial charge in [0.15, 0.2) is 9.84 Å². The molecule has 5 rings (SSSR count). The highest BCUT2D eigenvalue weighted by Crippen LogP contribution is 2.35. The van der Waals surface area contributed by atoms with E-state index in [-0.39, 0.29) is 0 Å². The van der Waals surface area contributed by atoms with Gasteiger partial charge in [-0.25, -0.2) is 13.3 Å². The molecule has 5 aromatic rings. The number of hydrogen-bond donors (Lipinski definition) is 0. The molecule has 0 saturated carbocycles. The van der Waals surface area contributed by atoms with Crippen LogP contribution in [-0.2, 0) is 24.1 Å². The summed E-state index contributed by atoms with van der Waals surface area (Å²) in [6, 6.07) is 22.8. The molecule has 9 heteroatoms. The predicted octanol–water partition coefficient (Wildman–Crippen LogP) is 6.04. The van der Waals surface area contributed by atoms with Gasteiger partial charge in [-0.1, -0.05) is 41.4 Å². The number of pyridine rings is 2. The molecule has 0 unspecified atom stereocenters. The number of hydrogen-bond acceptors (Lipinski definition) is 8. The van der Waals surface area contributed by atoms with E-state index in [0.717, 1.165) is 61.0 Å². The number of aromatic nitrogens is 2. The Morgan fingerprint density at radius 2 is 1.23 bits per heavy atom. The fourth-order valence-corrected chi connectivity index (χ4v) is 5.02. The first kappa shape index (κ1) is 23.4. The lowest BCUT2D eigenvalue weighted by molar-refractivity contribution is -0.447. The highest BCUT2D eigenvalue weighted by Gasteiger charge is 2.13. The summed E-state index contributed by atoms with van der Waals surface area (Å²) < 4.78 is 28.5. The van der Waals surface area contributed by atoms with Gasteiger partial charge in [0.05, 0.1) is 35.1 Å². The molecule has 0 bridgehead atoms. The summed E-state index contributed by atoms with van der Waals surface area (Å²) in [6.07, 6.45) is 4.74. The van der Waals surface area contributed by atoms with Crippen molar-refractivity contribution in [2.24, 2.45) is 0 Å². The minimum Gasteiger partial charge on any atom is -0.254 e. The summed E-state index contributed by atoms with van der Waals surface area (Å²) in [5, 5.41) is 6.36. The quantitative estimate of drug-likeness (QED) is 0.0872. The average molecular weight is 505 g/mol. The fourth-order valence-electron chi connectivity index (χ4n) is 3.98. The zero-order chi connectivity index (χ0) is 24.4. The van der Waals surface area contributed by atoms with E-state index >= 15 is 0 Å². The summed E-state index contributed by atoms with van der Waals surface area (Å²) in [4.78, 5) is 14.9. The molecule has 0 radical (unpaired) electrons. The van der Waals surface area contributed by atoms with E-state index in [9.17, 15) is 8.42 Å². The largest absolute Gasteiger partial charge is 0.254 e. The average Bonchev–Trinajstić information content (AvgIpc) is 2.88.